The second-order valence-electron chi connectivity index (χ2n) is 5.43. The summed E-state index contributed by atoms with van der Waals surface area (Å²) in [5.41, 5.74) is 1.43. The monoisotopic (exact) mass is 262 g/mol. The van der Waals surface area contributed by atoms with Crippen LogP contribution in [0.15, 0.2) is 30.3 Å². The van der Waals surface area contributed by atoms with Gasteiger partial charge in [-0.2, -0.15) is 0 Å². The van der Waals surface area contributed by atoms with Gasteiger partial charge < -0.3 is 10.2 Å². The summed E-state index contributed by atoms with van der Waals surface area (Å²) in [7, 11) is 2.24. The van der Waals surface area contributed by atoms with E-state index >= 15 is 0 Å². The number of nitrogens with one attached hydrogen (secondary N) is 1. The van der Waals surface area contributed by atoms with Crippen LogP contribution in [0, 0.1) is 0 Å². The summed E-state index contributed by atoms with van der Waals surface area (Å²) >= 11 is 0. The van der Waals surface area contributed by atoms with Crippen LogP contribution in [0.1, 0.15) is 39.2 Å². The zero-order chi connectivity index (χ0) is 14.1. The van der Waals surface area contributed by atoms with Crippen molar-refractivity contribution < 1.29 is 0 Å². The van der Waals surface area contributed by atoms with Crippen molar-refractivity contribution in [3.8, 4) is 0 Å². The highest BCUT2D eigenvalue weighted by Gasteiger charge is 2.18. The maximum Gasteiger partial charge on any atom is 0.0218 e. The number of hydrogen-bond acceptors (Lipinski definition) is 2. The molecule has 108 valence electrons. The zero-order valence-electron chi connectivity index (χ0n) is 13.0. The molecule has 0 fully saturated rings. The van der Waals surface area contributed by atoms with Crippen LogP contribution in [0.25, 0.3) is 0 Å². The molecular weight excluding hydrogens is 232 g/mol. The molecule has 0 aliphatic carbocycles. The lowest BCUT2D eigenvalue weighted by atomic mass is 10.0. The highest BCUT2D eigenvalue weighted by Crippen LogP contribution is 2.08. The van der Waals surface area contributed by atoms with E-state index in [0.29, 0.717) is 12.1 Å². The van der Waals surface area contributed by atoms with Crippen LogP contribution in [0.5, 0.6) is 0 Å². The van der Waals surface area contributed by atoms with Gasteiger partial charge >= 0.3 is 0 Å². The number of benzene rings is 1. The fourth-order valence-electron chi connectivity index (χ4n) is 2.45. The van der Waals surface area contributed by atoms with Crippen LogP contribution in [0.2, 0.25) is 0 Å². The van der Waals surface area contributed by atoms with E-state index in [1.54, 1.807) is 0 Å². The van der Waals surface area contributed by atoms with Crippen LogP contribution in [0.4, 0.5) is 0 Å². The van der Waals surface area contributed by atoms with E-state index in [-0.39, 0.29) is 0 Å². The van der Waals surface area contributed by atoms with E-state index in [2.05, 4.69) is 68.4 Å². The molecule has 1 aromatic rings. The molecule has 2 atom stereocenters. The first-order valence-electron chi connectivity index (χ1n) is 7.66. The van der Waals surface area contributed by atoms with Crippen LogP contribution in [0.3, 0.4) is 0 Å². The van der Waals surface area contributed by atoms with E-state index in [1.165, 1.54) is 18.4 Å². The molecule has 0 saturated carbocycles. The van der Waals surface area contributed by atoms with Gasteiger partial charge in [-0.25, -0.2) is 0 Å². The van der Waals surface area contributed by atoms with Crippen molar-refractivity contribution in [2.75, 3.05) is 20.1 Å². The Morgan fingerprint density at radius 3 is 2.42 bits per heavy atom. The second kappa shape index (κ2) is 9.11. The molecule has 2 unspecified atom stereocenters. The fourth-order valence-corrected chi connectivity index (χ4v) is 2.45. The van der Waals surface area contributed by atoms with Crippen molar-refractivity contribution in [3.63, 3.8) is 0 Å². The predicted octanol–water partition coefficient (Wildman–Crippen LogP) is 3.33. The first-order chi connectivity index (χ1) is 9.19. The summed E-state index contributed by atoms with van der Waals surface area (Å²) in [6.45, 7) is 9.07. The van der Waals surface area contributed by atoms with Crippen molar-refractivity contribution in [1.82, 2.24) is 10.2 Å². The van der Waals surface area contributed by atoms with Crippen LogP contribution in [-0.4, -0.2) is 37.1 Å². The molecule has 2 heteroatoms. The van der Waals surface area contributed by atoms with Gasteiger partial charge in [0.15, 0.2) is 0 Å². The Labute approximate surface area is 119 Å². The molecule has 2 nitrogen and oxygen atoms in total. The van der Waals surface area contributed by atoms with Crippen molar-refractivity contribution in [2.24, 2.45) is 0 Å². The van der Waals surface area contributed by atoms with Gasteiger partial charge in [-0.3, -0.25) is 0 Å². The van der Waals surface area contributed by atoms with Gasteiger partial charge in [-0.05, 0) is 45.3 Å². The third-order valence-electron chi connectivity index (χ3n) is 3.97. The van der Waals surface area contributed by atoms with Gasteiger partial charge in [-0.1, -0.05) is 44.2 Å². The largest absolute Gasteiger partial charge is 0.312 e. The molecule has 0 heterocycles. The van der Waals surface area contributed by atoms with E-state index in [9.17, 15) is 0 Å². The zero-order valence-corrected chi connectivity index (χ0v) is 13.0. The Hall–Kier alpha value is -0.860. The summed E-state index contributed by atoms with van der Waals surface area (Å²) in [5.74, 6) is 0. The normalized spacial score (nSPS) is 14.6. The Balaban J connectivity index is 2.40. The lowest BCUT2D eigenvalue weighted by Crippen LogP contribution is -2.47. The highest BCUT2D eigenvalue weighted by molar-refractivity contribution is 5.14. The predicted molar refractivity (Wildman–Crippen MR) is 84.6 cm³/mol. The van der Waals surface area contributed by atoms with Gasteiger partial charge in [0.05, 0.1) is 0 Å². The summed E-state index contributed by atoms with van der Waals surface area (Å²) in [5, 5.41) is 3.66. The summed E-state index contributed by atoms with van der Waals surface area (Å²) in [6.07, 6.45) is 3.53. The molecule has 0 amide bonds. The van der Waals surface area contributed by atoms with Gasteiger partial charge in [0.2, 0.25) is 0 Å². The Kier molecular flexibility index (Phi) is 7.76. The number of nitrogens with zero attached hydrogens (tertiary/aromatic N) is 1. The molecule has 1 rings (SSSR count). The summed E-state index contributed by atoms with van der Waals surface area (Å²) in [6, 6.07) is 11.9. The average Bonchev–Trinajstić information content (AvgIpc) is 2.46. The topological polar surface area (TPSA) is 15.3 Å². The Bertz CT molecular complexity index is 323. The minimum Gasteiger partial charge on any atom is -0.312 e. The Morgan fingerprint density at radius 1 is 1.16 bits per heavy atom. The van der Waals surface area contributed by atoms with Gasteiger partial charge in [0, 0.05) is 18.6 Å². The average molecular weight is 262 g/mol. The quantitative estimate of drug-likeness (QED) is 0.734. The first-order valence-corrected chi connectivity index (χ1v) is 7.66. The second-order valence-corrected chi connectivity index (χ2v) is 5.43. The van der Waals surface area contributed by atoms with Crippen molar-refractivity contribution in [3.05, 3.63) is 35.9 Å². The third-order valence-corrected chi connectivity index (χ3v) is 3.97. The first kappa shape index (κ1) is 16.2. The third kappa shape index (κ3) is 5.75. The molecule has 0 aliphatic heterocycles. The molecule has 0 radical (unpaired) electrons. The van der Waals surface area contributed by atoms with E-state index in [1.807, 2.05) is 0 Å². The van der Waals surface area contributed by atoms with E-state index in [4.69, 9.17) is 0 Å². The lowest BCUT2D eigenvalue weighted by molar-refractivity contribution is 0.205. The minimum absolute atomic E-state index is 0.584. The smallest absolute Gasteiger partial charge is 0.0218 e. The highest BCUT2D eigenvalue weighted by atomic mass is 15.2. The van der Waals surface area contributed by atoms with Crippen LogP contribution in [-0.2, 0) is 6.42 Å². The standard InChI is InChI=1S/C17H30N2/c1-5-13-18-17(6-2)15(3)19(4)14-12-16-10-8-7-9-11-16/h7-11,15,17-18H,5-6,12-14H2,1-4H3. The summed E-state index contributed by atoms with van der Waals surface area (Å²) < 4.78 is 0. The molecule has 0 saturated heterocycles. The van der Waals surface area contributed by atoms with E-state index < -0.39 is 0 Å². The van der Waals surface area contributed by atoms with Crippen LogP contribution >= 0.6 is 0 Å². The van der Waals surface area contributed by atoms with E-state index in [0.717, 1.165) is 19.5 Å². The Morgan fingerprint density at radius 2 is 1.84 bits per heavy atom. The summed E-state index contributed by atoms with van der Waals surface area (Å²) in [4.78, 5) is 2.48. The lowest BCUT2D eigenvalue weighted by Gasteiger charge is -2.32. The number of hydrogen-bond donors (Lipinski definition) is 1. The molecule has 0 bridgehead atoms. The number of likely N-dealkylation sites (N-methyl/N-ethyl adjacent to an activating group) is 1. The molecule has 1 aromatic carbocycles. The maximum absolute atomic E-state index is 3.66. The van der Waals surface area contributed by atoms with Crippen molar-refractivity contribution in [2.45, 2.75) is 52.1 Å². The SMILES string of the molecule is CCCNC(CC)C(C)N(C)CCc1ccccc1. The molecule has 0 aliphatic rings. The molecular formula is C17H30N2. The molecule has 0 aromatic heterocycles. The van der Waals surface area contributed by atoms with Crippen molar-refractivity contribution >= 4 is 0 Å². The number of rotatable bonds is 9. The van der Waals surface area contributed by atoms with Gasteiger partial charge in [0.1, 0.15) is 0 Å². The van der Waals surface area contributed by atoms with Gasteiger partial charge in [0.25, 0.3) is 0 Å². The molecule has 19 heavy (non-hydrogen) atoms. The fraction of sp³-hybridized carbons (Fsp3) is 0.647. The molecule has 1 N–H and O–H groups in total. The maximum atomic E-state index is 3.66. The van der Waals surface area contributed by atoms with Gasteiger partial charge in [-0.15, -0.1) is 0 Å². The minimum atomic E-state index is 0.584. The van der Waals surface area contributed by atoms with Crippen molar-refractivity contribution in [1.29, 1.82) is 0 Å². The molecule has 0 spiro atoms. The van der Waals surface area contributed by atoms with Crippen LogP contribution < -0.4 is 5.32 Å².